The molecular weight excluding hydrogens is 344 g/mol. The number of hydrogen-bond donors (Lipinski definition) is 2. The lowest BCUT2D eigenvalue weighted by Gasteiger charge is -2.19. The van der Waals surface area contributed by atoms with Crippen LogP contribution in [0.2, 0.25) is 0 Å². The van der Waals surface area contributed by atoms with Gasteiger partial charge in [0.25, 0.3) is 5.91 Å². The molecule has 0 aliphatic heterocycles. The van der Waals surface area contributed by atoms with Gasteiger partial charge in [-0.3, -0.25) is 4.79 Å². The number of benzene rings is 2. The number of rotatable bonds is 5. The van der Waals surface area contributed by atoms with Crippen LogP contribution < -0.4 is 10.2 Å². The maximum atomic E-state index is 13.6. The van der Waals surface area contributed by atoms with Crippen molar-refractivity contribution in [3.8, 4) is 0 Å². The number of para-hydroxylation sites is 1. The first kappa shape index (κ1) is 17.4. The molecule has 0 aliphatic carbocycles. The van der Waals surface area contributed by atoms with E-state index in [0.717, 1.165) is 32.3 Å². The topological polar surface area (TPSA) is 46.4 Å². The van der Waals surface area contributed by atoms with Crippen LogP contribution in [0.5, 0.6) is 0 Å². The fourth-order valence-electron chi connectivity index (χ4n) is 2.48. The van der Waals surface area contributed by atoms with Gasteiger partial charge in [0.15, 0.2) is 11.6 Å². The molecule has 3 rings (SSSR count). The highest BCUT2D eigenvalue weighted by molar-refractivity contribution is 7.18. The van der Waals surface area contributed by atoms with Crippen LogP contribution in [0, 0.1) is 11.6 Å². The number of nitrogens with zero attached hydrogens (tertiary/aromatic N) is 1. The van der Waals surface area contributed by atoms with Gasteiger partial charge in [0.1, 0.15) is 17.7 Å². The fourth-order valence-corrected chi connectivity index (χ4v) is 3.59. The van der Waals surface area contributed by atoms with Crippen molar-refractivity contribution in [1.29, 1.82) is 0 Å². The molecule has 3 aromatic rings. The molecule has 0 fully saturated rings. The van der Waals surface area contributed by atoms with E-state index in [-0.39, 0.29) is 24.2 Å². The fraction of sp³-hybridized carbons (Fsp3) is 0.222. The molecule has 0 aliphatic rings. The van der Waals surface area contributed by atoms with E-state index in [2.05, 4.69) is 10.3 Å². The average Bonchev–Trinajstić information content (AvgIpc) is 3.00. The SMILES string of the molecule is C[C@@H](c1nc2ccccc2s1)[NH+](C)CC(=O)Nc1ccc(F)cc1F. The standard InChI is InChI=1S/C18H17F2N3OS/c1-11(18-22-15-5-3-4-6-16(15)25-18)23(2)10-17(24)21-14-8-7-12(19)9-13(14)20/h3-9,11H,10H2,1-2H3,(H,21,24)/p+1/t11-/m0/s1. The Balaban J connectivity index is 1.66. The molecule has 2 aromatic carbocycles. The van der Waals surface area contributed by atoms with Crippen LogP contribution in [-0.2, 0) is 4.79 Å². The third-order valence-corrected chi connectivity index (χ3v) is 5.28. The van der Waals surface area contributed by atoms with E-state index in [1.54, 1.807) is 11.3 Å². The second-order valence-electron chi connectivity index (χ2n) is 5.94. The van der Waals surface area contributed by atoms with E-state index in [9.17, 15) is 13.6 Å². The first-order valence-corrected chi connectivity index (χ1v) is 8.68. The highest BCUT2D eigenvalue weighted by Crippen LogP contribution is 2.24. The molecule has 2 N–H and O–H groups in total. The lowest BCUT2D eigenvalue weighted by atomic mass is 10.2. The van der Waals surface area contributed by atoms with Gasteiger partial charge in [0.2, 0.25) is 0 Å². The minimum absolute atomic E-state index is 0.0150. The largest absolute Gasteiger partial charge is 0.322 e. The molecule has 130 valence electrons. The minimum Gasteiger partial charge on any atom is -0.322 e. The van der Waals surface area contributed by atoms with Crippen molar-refractivity contribution in [3.63, 3.8) is 0 Å². The van der Waals surface area contributed by atoms with Crippen LogP contribution in [-0.4, -0.2) is 24.5 Å². The summed E-state index contributed by atoms with van der Waals surface area (Å²) in [6, 6.07) is 11.0. The number of likely N-dealkylation sites (N-methyl/N-ethyl adjacent to an activating group) is 1. The van der Waals surface area contributed by atoms with Gasteiger partial charge in [0.05, 0.1) is 23.0 Å². The number of nitrogens with one attached hydrogen (secondary N) is 2. The van der Waals surface area contributed by atoms with Crippen LogP contribution in [0.15, 0.2) is 42.5 Å². The number of hydrogen-bond acceptors (Lipinski definition) is 3. The molecule has 1 aromatic heterocycles. The summed E-state index contributed by atoms with van der Waals surface area (Å²) in [7, 11) is 1.89. The van der Waals surface area contributed by atoms with Crippen LogP contribution >= 0.6 is 11.3 Å². The summed E-state index contributed by atoms with van der Waals surface area (Å²) in [5, 5.41) is 3.43. The Morgan fingerprint density at radius 1 is 1.28 bits per heavy atom. The molecule has 7 heteroatoms. The zero-order chi connectivity index (χ0) is 18.0. The first-order valence-electron chi connectivity index (χ1n) is 7.86. The van der Waals surface area contributed by atoms with Crippen LogP contribution in [0.4, 0.5) is 14.5 Å². The zero-order valence-corrected chi connectivity index (χ0v) is 14.7. The molecule has 0 spiro atoms. The van der Waals surface area contributed by atoms with E-state index < -0.39 is 11.6 Å². The van der Waals surface area contributed by atoms with E-state index in [1.165, 1.54) is 6.07 Å². The number of halogens is 2. The van der Waals surface area contributed by atoms with Gasteiger partial charge in [0, 0.05) is 6.07 Å². The van der Waals surface area contributed by atoms with Crippen molar-refractivity contribution >= 4 is 33.1 Å². The van der Waals surface area contributed by atoms with E-state index >= 15 is 0 Å². The van der Waals surface area contributed by atoms with Gasteiger partial charge in [-0.2, -0.15) is 0 Å². The summed E-state index contributed by atoms with van der Waals surface area (Å²) in [4.78, 5) is 17.7. The highest BCUT2D eigenvalue weighted by Gasteiger charge is 2.22. The quantitative estimate of drug-likeness (QED) is 0.733. The summed E-state index contributed by atoms with van der Waals surface area (Å²) < 4.78 is 27.6. The maximum absolute atomic E-state index is 13.6. The van der Waals surface area contributed by atoms with Gasteiger partial charge < -0.3 is 10.2 Å². The van der Waals surface area contributed by atoms with Crippen molar-refractivity contribution < 1.29 is 18.5 Å². The summed E-state index contributed by atoms with van der Waals surface area (Å²) in [6.07, 6.45) is 0. The van der Waals surface area contributed by atoms with Gasteiger partial charge in [-0.1, -0.05) is 12.1 Å². The second kappa shape index (κ2) is 7.25. The molecule has 0 radical (unpaired) electrons. The Morgan fingerprint density at radius 2 is 2.04 bits per heavy atom. The number of anilines is 1. The Morgan fingerprint density at radius 3 is 2.76 bits per heavy atom. The molecule has 1 unspecified atom stereocenters. The first-order chi connectivity index (χ1) is 11.9. The lowest BCUT2D eigenvalue weighted by molar-refractivity contribution is -0.902. The van der Waals surface area contributed by atoms with E-state index in [1.807, 2.05) is 38.2 Å². The highest BCUT2D eigenvalue weighted by atomic mass is 32.1. The molecule has 1 amide bonds. The van der Waals surface area contributed by atoms with Gasteiger partial charge in [-0.05, 0) is 31.2 Å². The molecule has 25 heavy (non-hydrogen) atoms. The summed E-state index contributed by atoms with van der Waals surface area (Å²) in [6.45, 7) is 2.15. The van der Waals surface area contributed by atoms with Crippen molar-refractivity contribution in [1.82, 2.24) is 4.98 Å². The number of carbonyl (C=O) groups excluding carboxylic acids is 1. The van der Waals surface area contributed by atoms with Crippen LogP contribution in [0.25, 0.3) is 10.2 Å². The number of fused-ring (bicyclic) bond motifs is 1. The zero-order valence-electron chi connectivity index (χ0n) is 13.8. The molecule has 0 bridgehead atoms. The van der Waals surface area contributed by atoms with Crippen LogP contribution in [0.1, 0.15) is 18.0 Å². The second-order valence-corrected chi connectivity index (χ2v) is 7.00. The maximum Gasteiger partial charge on any atom is 0.279 e. The van der Waals surface area contributed by atoms with E-state index in [4.69, 9.17) is 0 Å². The number of amides is 1. The Hall–Kier alpha value is -2.38. The normalized spacial score (nSPS) is 13.6. The minimum atomic E-state index is -0.787. The Kier molecular flexibility index (Phi) is 5.06. The number of aromatic nitrogens is 1. The molecule has 1 heterocycles. The molecule has 4 nitrogen and oxygen atoms in total. The lowest BCUT2D eigenvalue weighted by Crippen LogP contribution is -3.10. The summed E-state index contributed by atoms with van der Waals surface area (Å²) in [5.41, 5.74) is 0.923. The monoisotopic (exact) mass is 362 g/mol. The van der Waals surface area contributed by atoms with Crippen molar-refractivity contribution in [2.75, 3.05) is 18.9 Å². The third kappa shape index (κ3) is 4.00. The van der Waals surface area contributed by atoms with Crippen molar-refractivity contribution in [2.45, 2.75) is 13.0 Å². The number of quaternary nitrogens is 1. The van der Waals surface area contributed by atoms with E-state index in [0.29, 0.717) is 0 Å². The van der Waals surface area contributed by atoms with Gasteiger partial charge in [-0.25, -0.2) is 13.8 Å². The molecule has 0 saturated heterocycles. The Labute approximate surface area is 148 Å². The van der Waals surface area contributed by atoms with Gasteiger partial charge in [-0.15, -0.1) is 11.3 Å². The number of carbonyl (C=O) groups is 1. The van der Waals surface area contributed by atoms with Crippen molar-refractivity contribution in [2.24, 2.45) is 0 Å². The molecule has 2 atom stereocenters. The van der Waals surface area contributed by atoms with Crippen molar-refractivity contribution in [3.05, 3.63) is 59.1 Å². The predicted octanol–water partition coefficient (Wildman–Crippen LogP) is 2.79. The average molecular weight is 362 g/mol. The molecule has 0 saturated carbocycles. The summed E-state index contributed by atoms with van der Waals surface area (Å²) in [5.74, 6) is -1.80. The number of thiazole rings is 1. The van der Waals surface area contributed by atoms with Crippen LogP contribution in [0.3, 0.4) is 0 Å². The Bertz CT molecular complexity index is 879. The third-order valence-electron chi connectivity index (χ3n) is 4.06. The summed E-state index contributed by atoms with van der Waals surface area (Å²) >= 11 is 1.60. The predicted molar refractivity (Wildman–Crippen MR) is 94.8 cm³/mol. The van der Waals surface area contributed by atoms with Gasteiger partial charge >= 0.3 is 0 Å². The smallest absolute Gasteiger partial charge is 0.279 e. The molecular formula is C18H18F2N3OS+.